The lowest BCUT2D eigenvalue weighted by Gasteiger charge is -2.34. The number of fused-ring (bicyclic) bond motifs is 1. The van der Waals surface area contributed by atoms with E-state index in [9.17, 15) is 9.59 Å². The van der Waals surface area contributed by atoms with Crippen molar-refractivity contribution in [2.75, 3.05) is 38.1 Å². The molecule has 34 heavy (non-hydrogen) atoms. The molecule has 4 rings (SSSR count). The van der Waals surface area contributed by atoms with Crippen LogP contribution in [0.15, 0.2) is 60.7 Å². The first-order valence-corrected chi connectivity index (χ1v) is 11.8. The van der Waals surface area contributed by atoms with Gasteiger partial charge in [-0.3, -0.25) is 15.0 Å². The summed E-state index contributed by atoms with van der Waals surface area (Å²) in [5, 5.41) is 5.47. The third-order valence-corrected chi connectivity index (χ3v) is 6.63. The van der Waals surface area contributed by atoms with Crippen LogP contribution in [0.4, 0.5) is 5.69 Å². The van der Waals surface area contributed by atoms with E-state index in [-0.39, 0.29) is 24.3 Å². The molecule has 0 spiro atoms. The quantitative estimate of drug-likeness (QED) is 0.287. The number of carbonyl (C=O) groups is 2. The number of amides is 2. The van der Waals surface area contributed by atoms with Crippen LogP contribution < -0.4 is 21.5 Å². The lowest BCUT2D eigenvalue weighted by atomic mass is 9.97. The minimum atomic E-state index is -0.251. The zero-order chi connectivity index (χ0) is 24.1. The average molecular weight is 460 g/mol. The number of nitrogens with zero attached hydrogens (tertiary/aromatic N) is 2. The second-order valence-electron chi connectivity index (χ2n) is 8.96. The van der Waals surface area contributed by atoms with Crippen molar-refractivity contribution >= 4 is 28.3 Å². The summed E-state index contributed by atoms with van der Waals surface area (Å²) in [7, 11) is 2.12. The van der Waals surface area contributed by atoms with E-state index in [4.69, 9.17) is 5.84 Å². The van der Waals surface area contributed by atoms with E-state index < -0.39 is 0 Å². The van der Waals surface area contributed by atoms with E-state index in [0.29, 0.717) is 12.0 Å². The number of nitrogens with one attached hydrogen (secondary N) is 2. The molecule has 1 heterocycles. The molecule has 2 amide bonds. The number of likely N-dealkylation sites (N-methyl/N-ethyl adjacent to an activating group) is 1. The lowest BCUT2D eigenvalue weighted by molar-refractivity contribution is -0.121. The highest BCUT2D eigenvalue weighted by molar-refractivity contribution is 5.97. The Bertz CT molecular complexity index is 1170. The Morgan fingerprint density at radius 1 is 1.00 bits per heavy atom. The second-order valence-corrected chi connectivity index (χ2v) is 8.96. The third-order valence-electron chi connectivity index (χ3n) is 6.63. The molecule has 1 aliphatic rings. The van der Waals surface area contributed by atoms with Crippen molar-refractivity contribution in [3.8, 4) is 0 Å². The van der Waals surface area contributed by atoms with Crippen LogP contribution in [0.3, 0.4) is 0 Å². The molecule has 7 heteroatoms. The number of piperazine rings is 1. The van der Waals surface area contributed by atoms with Gasteiger partial charge in [0.25, 0.3) is 5.91 Å². The van der Waals surface area contributed by atoms with Gasteiger partial charge in [-0.25, -0.2) is 5.84 Å². The van der Waals surface area contributed by atoms with Gasteiger partial charge in [0, 0.05) is 43.9 Å². The second kappa shape index (κ2) is 10.7. The fraction of sp³-hybridized carbons (Fsp3) is 0.333. The summed E-state index contributed by atoms with van der Waals surface area (Å²) < 4.78 is 0. The van der Waals surface area contributed by atoms with Gasteiger partial charge in [0.05, 0.1) is 6.04 Å². The number of benzene rings is 3. The largest absolute Gasteiger partial charge is 0.369 e. The first-order chi connectivity index (χ1) is 16.5. The van der Waals surface area contributed by atoms with Gasteiger partial charge in [0.1, 0.15) is 0 Å². The van der Waals surface area contributed by atoms with Crippen LogP contribution in [-0.4, -0.2) is 49.9 Å². The van der Waals surface area contributed by atoms with Crippen molar-refractivity contribution in [3.05, 3.63) is 77.4 Å². The van der Waals surface area contributed by atoms with Gasteiger partial charge in [-0.2, -0.15) is 0 Å². The molecule has 1 aliphatic heterocycles. The maximum absolute atomic E-state index is 13.5. The van der Waals surface area contributed by atoms with Crippen LogP contribution in [0.25, 0.3) is 10.8 Å². The van der Waals surface area contributed by atoms with Crippen LogP contribution in [0.5, 0.6) is 0 Å². The monoisotopic (exact) mass is 459 g/mol. The standard InChI is InChI=1S/C27H33N5O2/c1-19(23-9-5-7-20-6-3-4-8-24(20)23)29-27(34)25-18-22(32-16-14-31(2)15-17-32)12-10-21(25)11-13-26(33)30-28/h3-10,12,18-19H,11,13-17,28H2,1-2H3,(H,29,34)(H,30,33)/t19-/m1/s1. The Morgan fingerprint density at radius 2 is 1.74 bits per heavy atom. The highest BCUT2D eigenvalue weighted by Gasteiger charge is 2.20. The van der Waals surface area contributed by atoms with Gasteiger partial charge in [-0.1, -0.05) is 48.5 Å². The molecule has 4 N–H and O–H groups in total. The number of carbonyl (C=O) groups excluding carboxylic acids is 2. The van der Waals surface area contributed by atoms with Crippen LogP contribution in [-0.2, 0) is 11.2 Å². The summed E-state index contributed by atoms with van der Waals surface area (Å²) in [6.07, 6.45) is 0.668. The molecule has 0 saturated carbocycles. The molecule has 7 nitrogen and oxygen atoms in total. The van der Waals surface area contributed by atoms with E-state index in [1.807, 2.05) is 43.3 Å². The van der Waals surface area contributed by atoms with Crippen LogP contribution in [0.1, 0.15) is 40.9 Å². The van der Waals surface area contributed by atoms with Crippen molar-refractivity contribution in [2.24, 2.45) is 5.84 Å². The third kappa shape index (κ3) is 5.38. The molecule has 3 aromatic carbocycles. The minimum absolute atomic E-state index is 0.139. The highest BCUT2D eigenvalue weighted by Crippen LogP contribution is 2.26. The molecule has 1 saturated heterocycles. The van der Waals surface area contributed by atoms with Gasteiger partial charge < -0.3 is 15.1 Å². The molecular formula is C27H33N5O2. The van der Waals surface area contributed by atoms with Crippen molar-refractivity contribution in [1.29, 1.82) is 0 Å². The summed E-state index contributed by atoms with van der Waals surface area (Å²) in [4.78, 5) is 29.9. The number of nitrogens with two attached hydrogens (primary N) is 1. The number of hydrogen-bond donors (Lipinski definition) is 3. The van der Waals surface area contributed by atoms with E-state index >= 15 is 0 Å². The summed E-state index contributed by atoms with van der Waals surface area (Å²) in [6.45, 7) is 5.81. The first-order valence-electron chi connectivity index (χ1n) is 11.8. The number of aryl methyl sites for hydroxylation is 1. The molecule has 178 valence electrons. The zero-order valence-corrected chi connectivity index (χ0v) is 19.9. The van der Waals surface area contributed by atoms with E-state index in [2.05, 4.69) is 51.9 Å². The van der Waals surface area contributed by atoms with Gasteiger partial charge >= 0.3 is 0 Å². The van der Waals surface area contributed by atoms with Crippen molar-refractivity contribution in [2.45, 2.75) is 25.8 Å². The number of hydrogen-bond acceptors (Lipinski definition) is 5. The maximum Gasteiger partial charge on any atom is 0.252 e. The smallest absolute Gasteiger partial charge is 0.252 e. The van der Waals surface area contributed by atoms with E-state index in [1.165, 1.54) is 0 Å². The van der Waals surface area contributed by atoms with Crippen molar-refractivity contribution in [3.63, 3.8) is 0 Å². The first kappa shape index (κ1) is 23.7. The Balaban J connectivity index is 1.60. The summed E-state index contributed by atoms with van der Waals surface area (Å²) >= 11 is 0. The lowest BCUT2D eigenvalue weighted by Crippen LogP contribution is -2.44. The maximum atomic E-state index is 13.5. The molecule has 0 unspecified atom stereocenters. The Hall–Kier alpha value is -3.42. The predicted molar refractivity (Wildman–Crippen MR) is 137 cm³/mol. The topological polar surface area (TPSA) is 90.7 Å². The van der Waals surface area contributed by atoms with Gasteiger partial charge in [-0.15, -0.1) is 0 Å². The van der Waals surface area contributed by atoms with Crippen LogP contribution in [0, 0.1) is 0 Å². The van der Waals surface area contributed by atoms with Gasteiger partial charge in [0.15, 0.2) is 0 Å². The molecule has 0 aliphatic carbocycles. The Morgan fingerprint density at radius 3 is 2.50 bits per heavy atom. The average Bonchev–Trinajstić information content (AvgIpc) is 2.87. The van der Waals surface area contributed by atoms with E-state index in [0.717, 1.165) is 53.8 Å². The molecule has 1 atom stereocenters. The summed E-state index contributed by atoms with van der Waals surface area (Å²) in [5.41, 5.74) is 5.72. The molecular weight excluding hydrogens is 426 g/mol. The molecule has 1 fully saturated rings. The minimum Gasteiger partial charge on any atom is -0.369 e. The van der Waals surface area contributed by atoms with Gasteiger partial charge in [0.2, 0.25) is 5.91 Å². The Labute approximate surface area is 200 Å². The fourth-order valence-electron chi connectivity index (χ4n) is 4.56. The van der Waals surface area contributed by atoms with E-state index in [1.54, 1.807) is 0 Å². The Kier molecular flexibility index (Phi) is 7.45. The molecule has 3 aromatic rings. The molecule has 0 radical (unpaired) electrons. The number of hydrazine groups is 1. The van der Waals surface area contributed by atoms with Crippen LogP contribution in [0.2, 0.25) is 0 Å². The zero-order valence-electron chi connectivity index (χ0n) is 19.9. The molecule has 0 aromatic heterocycles. The van der Waals surface area contributed by atoms with Gasteiger partial charge in [-0.05, 0) is 54.4 Å². The predicted octanol–water partition coefficient (Wildman–Crippen LogP) is 3.01. The molecule has 0 bridgehead atoms. The highest BCUT2D eigenvalue weighted by atomic mass is 16.2. The fourth-order valence-corrected chi connectivity index (χ4v) is 4.56. The van der Waals surface area contributed by atoms with Crippen LogP contribution >= 0.6 is 0 Å². The van der Waals surface area contributed by atoms with Crippen molar-refractivity contribution in [1.82, 2.24) is 15.6 Å². The van der Waals surface area contributed by atoms with Crippen molar-refractivity contribution < 1.29 is 9.59 Å². The normalized spacial score (nSPS) is 15.2. The summed E-state index contributed by atoms with van der Waals surface area (Å²) in [5.74, 6) is 4.86. The number of anilines is 1. The SMILES string of the molecule is C[C@@H](NC(=O)c1cc(N2CCN(C)CC2)ccc1CCC(=O)NN)c1cccc2ccccc12. The summed E-state index contributed by atoms with van der Waals surface area (Å²) in [6, 6.07) is 20.1. The number of rotatable bonds is 7.